The molecule has 1 N–H and O–H groups in total. The lowest BCUT2D eigenvalue weighted by atomic mass is 9.88. The first kappa shape index (κ1) is 27.3. The number of sulfone groups is 1. The van der Waals surface area contributed by atoms with Crippen LogP contribution in [0.1, 0.15) is 31.4 Å². The number of benzene rings is 2. The summed E-state index contributed by atoms with van der Waals surface area (Å²) in [6.45, 7) is 3.43. The molecule has 0 amide bonds. The van der Waals surface area contributed by atoms with Crippen LogP contribution in [0, 0.1) is 11.6 Å². The van der Waals surface area contributed by atoms with Gasteiger partial charge in [-0.15, -0.1) is 0 Å². The number of rotatable bonds is 5. The van der Waals surface area contributed by atoms with Crippen LogP contribution < -0.4 is 0 Å². The number of likely N-dealkylation sites (tertiary alicyclic amines) is 1. The molecule has 0 aromatic heterocycles. The zero-order valence-electron chi connectivity index (χ0n) is 18.4. The number of halogens is 8. The number of aliphatic hydroxyl groups is 1. The summed E-state index contributed by atoms with van der Waals surface area (Å²) in [6, 6.07) is 4.55. The molecule has 1 aliphatic heterocycles. The molecule has 1 heterocycles. The minimum atomic E-state index is -6.31. The van der Waals surface area contributed by atoms with Gasteiger partial charge < -0.3 is 5.11 Å². The maximum absolute atomic E-state index is 14.9. The average molecular weight is 531 g/mol. The summed E-state index contributed by atoms with van der Waals surface area (Å²) in [5.41, 5.74) is -8.00. The fraction of sp³-hybridized carbons (Fsp3) is 0.455. The fourth-order valence-corrected chi connectivity index (χ4v) is 6.34. The van der Waals surface area contributed by atoms with Gasteiger partial charge in [-0.05, 0) is 56.2 Å². The molecule has 3 rings (SSSR count). The first-order valence-electron chi connectivity index (χ1n) is 10.3. The van der Waals surface area contributed by atoms with Crippen LogP contribution >= 0.6 is 0 Å². The highest BCUT2D eigenvalue weighted by Gasteiger charge is 2.72. The molecule has 1 saturated heterocycles. The van der Waals surface area contributed by atoms with Crippen molar-refractivity contribution < 1.29 is 48.6 Å². The Balaban J connectivity index is 2.24. The van der Waals surface area contributed by atoms with Crippen molar-refractivity contribution in [2.45, 2.75) is 53.9 Å². The summed E-state index contributed by atoms with van der Waals surface area (Å²) in [5.74, 6) is -2.81. The standard InChI is InChI=1S/C22H21F8NO3S/c1-13(2)31-10-9-19(12-31,35(33,34)16-6-4-15(23)5-7-16)14-3-8-17(18(24)11-14)20(32,21(25,26)27)22(28,29)30/h3-8,11,13,32H,9-10,12H2,1-2H3/t19-/m0/s1. The van der Waals surface area contributed by atoms with Crippen LogP contribution in [0.3, 0.4) is 0 Å². The minimum Gasteiger partial charge on any atom is -0.369 e. The van der Waals surface area contributed by atoms with Crippen molar-refractivity contribution >= 4 is 9.84 Å². The van der Waals surface area contributed by atoms with Crippen molar-refractivity contribution in [3.63, 3.8) is 0 Å². The Morgan fingerprint density at radius 2 is 1.49 bits per heavy atom. The molecule has 0 aliphatic carbocycles. The summed E-state index contributed by atoms with van der Waals surface area (Å²) in [7, 11) is -4.44. The lowest BCUT2D eigenvalue weighted by Gasteiger charge is -2.34. The van der Waals surface area contributed by atoms with E-state index in [1.54, 1.807) is 18.7 Å². The molecule has 0 spiro atoms. The molecular weight excluding hydrogens is 510 g/mol. The van der Waals surface area contributed by atoms with Gasteiger partial charge >= 0.3 is 12.4 Å². The topological polar surface area (TPSA) is 57.6 Å². The Bertz CT molecular complexity index is 1180. The van der Waals surface area contributed by atoms with Gasteiger partial charge in [0.1, 0.15) is 16.4 Å². The predicted octanol–water partition coefficient (Wildman–Crippen LogP) is 5.06. The third-order valence-electron chi connectivity index (χ3n) is 6.34. The molecule has 2 aromatic rings. The molecule has 0 bridgehead atoms. The van der Waals surface area contributed by atoms with E-state index in [0.717, 1.165) is 24.3 Å². The first-order valence-corrected chi connectivity index (χ1v) is 11.8. The maximum atomic E-state index is 14.9. The predicted molar refractivity (Wildman–Crippen MR) is 109 cm³/mol. The van der Waals surface area contributed by atoms with Gasteiger partial charge in [-0.1, -0.05) is 12.1 Å². The molecule has 0 saturated carbocycles. The molecule has 2 aromatic carbocycles. The Kier molecular flexibility index (Phi) is 6.79. The molecule has 13 heteroatoms. The fourth-order valence-electron chi connectivity index (χ4n) is 4.26. The lowest BCUT2D eigenvalue weighted by molar-refractivity contribution is -0.377. The number of hydrogen-bond donors (Lipinski definition) is 1. The van der Waals surface area contributed by atoms with Gasteiger partial charge in [-0.3, -0.25) is 4.90 Å². The van der Waals surface area contributed by atoms with E-state index in [-0.39, 0.29) is 42.6 Å². The Morgan fingerprint density at radius 1 is 0.943 bits per heavy atom. The Morgan fingerprint density at radius 3 is 1.91 bits per heavy atom. The van der Waals surface area contributed by atoms with Crippen molar-refractivity contribution in [2.24, 2.45) is 0 Å². The molecule has 1 fully saturated rings. The van der Waals surface area contributed by atoms with E-state index in [2.05, 4.69) is 0 Å². The van der Waals surface area contributed by atoms with Crippen LogP contribution in [0.15, 0.2) is 47.4 Å². The van der Waals surface area contributed by atoms with Crippen LogP contribution in [0.2, 0.25) is 0 Å². The Hall–Kier alpha value is -2.25. The van der Waals surface area contributed by atoms with Crippen LogP contribution in [0.5, 0.6) is 0 Å². The van der Waals surface area contributed by atoms with Gasteiger partial charge in [0.25, 0.3) is 5.60 Å². The lowest BCUT2D eigenvalue weighted by Crippen LogP contribution is -2.54. The summed E-state index contributed by atoms with van der Waals surface area (Å²) in [6.07, 6.45) is -12.8. The highest BCUT2D eigenvalue weighted by molar-refractivity contribution is 7.92. The second-order valence-electron chi connectivity index (χ2n) is 8.67. The second kappa shape index (κ2) is 8.70. The monoisotopic (exact) mass is 531 g/mol. The highest BCUT2D eigenvalue weighted by atomic mass is 32.2. The van der Waals surface area contributed by atoms with E-state index in [1.807, 2.05) is 0 Å². The van der Waals surface area contributed by atoms with E-state index in [0.29, 0.717) is 6.07 Å². The summed E-state index contributed by atoms with van der Waals surface area (Å²) in [4.78, 5) is 1.35. The molecule has 0 unspecified atom stereocenters. The molecular formula is C22H21F8NO3S. The van der Waals surface area contributed by atoms with Crippen molar-refractivity contribution in [3.8, 4) is 0 Å². The van der Waals surface area contributed by atoms with E-state index in [9.17, 15) is 48.6 Å². The summed E-state index contributed by atoms with van der Waals surface area (Å²) in [5, 5.41) is 9.58. The second-order valence-corrected chi connectivity index (χ2v) is 10.9. The molecule has 1 atom stereocenters. The van der Waals surface area contributed by atoms with Gasteiger partial charge in [-0.2, -0.15) is 26.3 Å². The summed E-state index contributed by atoms with van der Waals surface area (Å²) < 4.78 is 133. The first-order chi connectivity index (χ1) is 15.9. The van der Waals surface area contributed by atoms with Crippen molar-refractivity contribution in [3.05, 3.63) is 65.2 Å². The zero-order valence-corrected chi connectivity index (χ0v) is 19.2. The SMILES string of the molecule is CC(C)N1CC[C@](c2ccc(C(O)(C(F)(F)F)C(F)(F)F)c(F)c2)(S(=O)(=O)c2ccc(F)cc2)C1. The van der Waals surface area contributed by atoms with Crippen LogP contribution in [0.25, 0.3) is 0 Å². The van der Waals surface area contributed by atoms with Gasteiger partial charge in [-0.25, -0.2) is 17.2 Å². The smallest absolute Gasteiger partial charge is 0.369 e. The van der Waals surface area contributed by atoms with Gasteiger partial charge in [0.15, 0.2) is 9.84 Å². The minimum absolute atomic E-state index is 0.103. The van der Waals surface area contributed by atoms with Gasteiger partial charge in [0, 0.05) is 24.7 Å². The number of nitrogens with zero attached hydrogens (tertiary/aromatic N) is 1. The van der Waals surface area contributed by atoms with Gasteiger partial charge in [0.2, 0.25) is 0 Å². The van der Waals surface area contributed by atoms with Gasteiger partial charge in [0.05, 0.1) is 4.90 Å². The quantitative estimate of drug-likeness (QED) is 0.433. The van der Waals surface area contributed by atoms with E-state index < -0.39 is 55.3 Å². The Labute approximate surface area is 196 Å². The van der Waals surface area contributed by atoms with Crippen LogP contribution in [0.4, 0.5) is 35.1 Å². The summed E-state index contributed by atoms with van der Waals surface area (Å²) >= 11 is 0. The average Bonchev–Trinajstić information content (AvgIpc) is 3.19. The molecule has 35 heavy (non-hydrogen) atoms. The number of hydrogen-bond acceptors (Lipinski definition) is 4. The van der Waals surface area contributed by atoms with E-state index in [1.165, 1.54) is 0 Å². The van der Waals surface area contributed by atoms with Crippen LogP contribution in [-0.2, 0) is 20.2 Å². The van der Waals surface area contributed by atoms with E-state index >= 15 is 0 Å². The molecule has 1 aliphatic rings. The van der Waals surface area contributed by atoms with E-state index in [4.69, 9.17) is 0 Å². The highest BCUT2D eigenvalue weighted by Crippen LogP contribution is 2.52. The van der Waals surface area contributed by atoms with Crippen LogP contribution in [-0.4, -0.2) is 49.9 Å². The van der Waals surface area contributed by atoms with Crippen molar-refractivity contribution in [1.82, 2.24) is 4.90 Å². The number of alkyl halides is 6. The zero-order chi connectivity index (χ0) is 26.6. The largest absolute Gasteiger partial charge is 0.430 e. The normalized spacial score (nSPS) is 20.6. The third kappa shape index (κ3) is 4.31. The maximum Gasteiger partial charge on any atom is 0.430 e. The molecule has 4 nitrogen and oxygen atoms in total. The third-order valence-corrected chi connectivity index (χ3v) is 8.83. The molecule has 194 valence electrons. The van der Waals surface area contributed by atoms with Crippen molar-refractivity contribution in [2.75, 3.05) is 13.1 Å². The molecule has 0 radical (unpaired) electrons. The van der Waals surface area contributed by atoms with Crippen molar-refractivity contribution in [1.29, 1.82) is 0 Å².